The van der Waals surface area contributed by atoms with Gasteiger partial charge in [-0.2, -0.15) is 5.10 Å². The average Bonchev–Trinajstić information content (AvgIpc) is 3.12. The smallest absolute Gasteiger partial charge is 0.234 e. The molecule has 7 heteroatoms. The van der Waals surface area contributed by atoms with E-state index in [1.54, 1.807) is 16.8 Å². The van der Waals surface area contributed by atoms with Crippen molar-refractivity contribution in [3.8, 4) is 22.7 Å². The predicted molar refractivity (Wildman–Crippen MR) is 104 cm³/mol. The molecule has 1 fully saturated rings. The van der Waals surface area contributed by atoms with Crippen LogP contribution < -0.4 is 10.1 Å². The minimum atomic E-state index is -0.393. The van der Waals surface area contributed by atoms with Gasteiger partial charge in [-0.15, -0.1) is 0 Å². The van der Waals surface area contributed by atoms with Crippen LogP contribution in [0.5, 0.6) is 5.75 Å². The van der Waals surface area contributed by atoms with E-state index in [1.165, 1.54) is 13.2 Å². The van der Waals surface area contributed by atoms with E-state index in [1.807, 2.05) is 41.4 Å². The highest BCUT2D eigenvalue weighted by Gasteiger charge is 2.21. The highest BCUT2D eigenvalue weighted by atomic mass is 19.1. The molecule has 1 amide bonds. The summed E-state index contributed by atoms with van der Waals surface area (Å²) in [6, 6.07) is 14.4. The maximum Gasteiger partial charge on any atom is 0.234 e. The Hall–Kier alpha value is -3.19. The zero-order valence-electron chi connectivity index (χ0n) is 15.6. The van der Waals surface area contributed by atoms with E-state index in [9.17, 15) is 9.18 Å². The van der Waals surface area contributed by atoms with Crippen LogP contribution in [-0.2, 0) is 11.3 Å². The Morgan fingerprint density at radius 3 is 2.75 bits per heavy atom. The van der Waals surface area contributed by atoms with Gasteiger partial charge in [-0.1, -0.05) is 18.2 Å². The van der Waals surface area contributed by atoms with Gasteiger partial charge in [0, 0.05) is 43.0 Å². The minimum absolute atomic E-state index is 0.00104. The third kappa shape index (κ3) is 3.75. The molecule has 1 aromatic heterocycles. The number of aromatic nitrogens is 2. The SMILES string of the molecule is COc1ccc(-c2nn(-c3ccccc3)cc2CN2CCNC(=O)C2)c(F)c1. The van der Waals surface area contributed by atoms with Crippen LogP contribution in [-0.4, -0.2) is 47.3 Å². The normalized spacial score (nSPS) is 14.7. The van der Waals surface area contributed by atoms with Crippen LogP contribution in [0.3, 0.4) is 0 Å². The number of hydrogen-bond donors (Lipinski definition) is 1. The fourth-order valence-corrected chi connectivity index (χ4v) is 3.35. The van der Waals surface area contributed by atoms with Crippen molar-refractivity contribution >= 4 is 5.91 Å². The van der Waals surface area contributed by atoms with Gasteiger partial charge in [0.1, 0.15) is 17.3 Å². The fraction of sp³-hybridized carbons (Fsp3) is 0.238. The molecule has 0 unspecified atom stereocenters. The van der Waals surface area contributed by atoms with Crippen LogP contribution in [0.2, 0.25) is 0 Å². The number of amides is 1. The quantitative estimate of drug-likeness (QED) is 0.739. The molecule has 0 spiro atoms. The Bertz CT molecular complexity index is 987. The Morgan fingerprint density at radius 2 is 2.04 bits per heavy atom. The first-order valence-electron chi connectivity index (χ1n) is 9.11. The first kappa shape index (κ1) is 18.2. The molecule has 4 rings (SSSR count). The summed E-state index contributed by atoms with van der Waals surface area (Å²) in [6.07, 6.45) is 1.90. The Morgan fingerprint density at radius 1 is 1.21 bits per heavy atom. The Labute approximate surface area is 162 Å². The van der Waals surface area contributed by atoms with Crippen molar-refractivity contribution in [1.29, 1.82) is 0 Å². The standard InChI is InChI=1S/C21H21FN4O2/c1-28-17-7-8-18(19(22)11-17)21-15(12-25-10-9-23-20(27)14-25)13-26(24-21)16-5-3-2-4-6-16/h2-8,11,13H,9-10,12,14H2,1H3,(H,23,27). The van der Waals surface area contributed by atoms with E-state index in [4.69, 9.17) is 4.74 Å². The van der Waals surface area contributed by atoms with Gasteiger partial charge in [-0.05, 0) is 24.3 Å². The van der Waals surface area contributed by atoms with Gasteiger partial charge < -0.3 is 10.1 Å². The van der Waals surface area contributed by atoms with Crippen LogP contribution in [0, 0.1) is 5.82 Å². The van der Waals surface area contributed by atoms with Gasteiger partial charge in [0.05, 0.1) is 19.3 Å². The Kier molecular flexibility index (Phi) is 5.08. The number of piperazine rings is 1. The molecular weight excluding hydrogens is 359 g/mol. The van der Waals surface area contributed by atoms with Crippen molar-refractivity contribution in [2.45, 2.75) is 6.54 Å². The molecule has 2 heterocycles. The molecule has 0 bridgehead atoms. The molecule has 6 nitrogen and oxygen atoms in total. The Balaban J connectivity index is 1.74. The number of hydrogen-bond acceptors (Lipinski definition) is 4. The second kappa shape index (κ2) is 7.82. The van der Waals surface area contributed by atoms with Gasteiger partial charge in [0.15, 0.2) is 0 Å². The number of halogens is 1. The van der Waals surface area contributed by atoms with Crippen molar-refractivity contribution in [1.82, 2.24) is 20.0 Å². The average molecular weight is 380 g/mol. The van der Waals surface area contributed by atoms with E-state index in [0.717, 1.165) is 17.8 Å². The summed E-state index contributed by atoms with van der Waals surface area (Å²) in [5.74, 6) is 0.0622. The largest absolute Gasteiger partial charge is 0.497 e. The van der Waals surface area contributed by atoms with E-state index in [2.05, 4.69) is 10.4 Å². The third-order valence-corrected chi connectivity index (χ3v) is 4.75. The van der Waals surface area contributed by atoms with Gasteiger partial charge >= 0.3 is 0 Å². The van der Waals surface area contributed by atoms with Crippen LogP contribution >= 0.6 is 0 Å². The highest BCUT2D eigenvalue weighted by Crippen LogP contribution is 2.29. The monoisotopic (exact) mass is 380 g/mol. The first-order valence-corrected chi connectivity index (χ1v) is 9.11. The van der Waals surface area contributed by atoms with Crippen LogP contribution in [0.25, 0.3) is 16.9 Å². The number of nitrogens with zero attached hydrogens (tertiary/aromatic N) is 3. The minimum Gasteiger partial charge on any atom is -0.497 e. The van der Waals surface area contributed by atoms with Gasteiger partial charge in [-0.3, -0.25) is 9.69 Å². The number of carbonyl (C=O) groups excluding carboxylic acids is 1. The molecule has 0 aliphatic carbocycles. The van der Waals surface area contributed by atoms with Gasteiger partial charge in [0.2, 0.25) is 5.91 Å². The van der Waals surface area contributed by atoms with Crippen LogP contribution in [0.1, 0.15) is 5.56 Å². The third-order valence-electron chi connectivity index (χ3n) is 4.75. The summed E-state index contributed by atoms with van der Waals surface area (Å²) >= 11 is 0. The number of benzene rings is 2. The second-order valence-corrected chi connectivity index (χ2v) is 6.69. The predicted octanol–water partition coefficient (Wildman–Crippen LogP) is 2.62. The van der Waals surface area contributed by atoms with Gasteiger partial charge in [0.25, 0.3) is 0 Å². The van der Waals surface area contributed by atoms with Crippen molar-refractivity contribution in [2.75, 3.05) is 26.7 Å². The van der Waals surface area contributed by atoms with Gasteiger partial charge in [-0.25, -0.2) is 9.07 Å². The molecule has 144 valence electrons. The summed E-state index contributed by atoms with van der Waals surface area (Å²) in [4.78, 5) is 13.8. The maximum atomic E-state index is 14.7. The molecule has 1 aliphatic heterocycles. The zero-order valence-corrected chi connectivity index (χ0v) is 15.6. The second-order valence-electron chi connectivity index (χ2n) is 6.69. The molecule has 1 N–H and O–H groups in total. The lowest BCUT2D eigenvalue weighted by atomic mass is 10.1. The number of para-hydroxylation sites is 1. The van der Waals surface area contributed by atoms with Crippen molar-refractivity contribution in [3.05, 3.63) is 66.1 Å². The number of carbonyl (C=O) groups is 1. The molecule has 0 radical (unpaired) electrons. The molecular formula is C21H21FN4O2. The molecule has 1 saturated heterocycles. The summed E-state index contributed by atoms with van der Waals surface area (Å²) in [5.41, 5.74) is 2.73. The van der Waals surface area contributed by atoms with Crippen LogP contribution in [0.4, 0.5) is 4.39 Å². The van der Waals surface area contributed by atoms with Crippen molar-refractivity contribution in [2.24, 2.45) is 0 Å². The fourth-order valence-electron chi connectivity index (χ4n) is 3.35. The molecule has 3 aromatic rings. The summed E-state index contributed by atoms with van der Waals surface area (Å²) in [6.45, 7) is 2.19. The van der Waals surface area contributed by atoms with E-state index < -0.39 is 5.82 Å². The number of ether oxygens (including phenoxy) is 1. The van der Waals surface area contributed by atoms with E-state index >= 15 is 0 Å². The van der Waals surface area contributed by atoms with E-state index in [-0.39, 0.29) is 5.91 Å². The molecule has 1 aliphatic rings. The molecule has 2 aromatic carbocycles. The zero-order chi connectivity index (χ0) is 19.5. The molecule has 0 saturated carbocycles. The molecule has 0 atom stereocenters. The number of methoxy groups -OCH3 is 1. The lowest BCUT2D eigenvalue weighted by molar-refractivity contribution is -0.124. The number of nitrogens with one attached hydrogen (secondary N) is 1. The topological polar surface area (TPSA) is 59.4 Å². The molecule has 28 heavy (non-hydrogen) atoms. The summed E-state index contributed by atoms with van der Waals surface area (Å²) in [7, 11) is 1.51. The lowest BCUT2D eigenvalue weighted by Crippen LogP contribution is -2.47. The van der Waals surface area contributed by atoms with Crippen LogP contribution in [0.15, 0.2) is 54.7 Å². The summed E-state index contributed by atoms with van der Waals surface area (Å²) in [5, 5.41) is 7.48. The lowest BCUT2D eigenvalue weighted by Gasteiger charge is -2.26. The first-order chi connectivity index (χ1) is 13.6. The highest BCUT2D eigenvalue weighted by molar-refractivity contribution is 5.78. The van der Waals surface area contributed by atoms with E-state index in [0.29, 0.717) is 36.6 Å². The van der Waals surface area contributed by atoms with Crippen molar-refractivity contribution < 1.29 is 13.9 Å². The summed E-state index contributed by atoms with van der Waals surface area (Å²) < 4.78 is 21.6. The van der Waals surface area contributed by atoms with Crippen molar-refractivity contribution in [3.63, 3.8) is 0 Å². The maximum absolute atomic E-state index is 14.7. The number of rotatable bonds is 5.